The molecule has 24 heavy (non-hydrogen) atoms. The minimum Gasteiger partial charge on any atom is -0.366 e. The normalized spacial score (nSPS) is 10.2. The van der Waals surface area contributed by atoms with Gasteiger partial charge in [0.15, 0.2) is 0 Å². The highest BCUT2D eigenvalue weighted by molar-refractivity contribution is 5.58. The Kier molecular flexibility index (Phi) is 5.20. The lowest BCUT2D eigenvalue weighted by molar-refractivity contribution is 0.911. The van der Waals surface area contributed by atoms with Crippen molar-refractivity contribution >= 4 is 17.5 Å². The van der Waals surface area contributed by atoms with Crippen LogP contribution in [0, 0.1) is 0 Å². The SMILES string of the molecule is C=CCNc1ccnc(N(Cc2ccccc2)c2ccccc2)n1. The second kappa shape index (κ2) is 7.92. The molecular formula is C20H20N4. The number of nitrogens with one attached hydrogen (secondary N) is 1. The maximum atomic E-state index is 4.64. The molecule has 3 aromatic rings. The van der Waals surface area contributed by atoms with Crippen LogP contribution in [0.15, 0.2) is 85.6 Å². The van der Waals surface area contributed by atoms with Gasteiger partial charge in [0, 0.05) is 18.4 Å². The molecule has 4 heteroatoms. The smallest absolute Gasteiger partial charge is 0.232 e. The average Bonchev–Trinajstić information content (AvgIpc) is 2.66. The maximum Gasteiger partial charge on any atom is 0.232 e. The van der Waals surface area contributed by atoms with E-state index in [1.165, 1.54) is 5.56 Å². The van der Waals surface area contributed by atoms with E-state index in [9.17, 15) is 0 Å². The number of anilines is 3. The van der Waals surface area contributed by atoms with Crippen molar-refractivity contribution in [2.24, 2.45) is 0 Å². The van der Waals surface area contributed by atoms with Gasteiger partial charge >= 0.3 is 0 Å². The fourth-order valence-electron chi connectivity index (χ4n) is 2.41. The molecule has 0 aliphatic heterocycles. The highest BCUT2D eigenvalue weighted by Gasteiger charge is 2.13. The van der Waals surface area contributed by atoms with E-state index >= 15 is 0 Å². The van der Waals surface area contributed by atoms with Gasteiger partial charge in [-0.25, -0.2) is 4.98 Å². The van der Waals surface area contributed by atoms with Crippen LogP contribution in [0.4, 0.5) is 17.5 Å². The first kappa shape index (κ1) is 15.7. The van der Waals surface area contributed by atoms with Crippen molar-refractivity contribution in [1.82, 2.24) is 9.97 Å². The standard InChI is InChI=1S/C20H20N4/c1-2-14-21-19-13-15-22-20(23-19)24(18-11-7-4-8-12-18)16-17-9-5-3-6-10-17/h2-13,15H,1,14,16H2,(H,21,22,23). The monoisotopic (exact) mass is 316 g/mol. The summed E-state index contributed by atoms with van der Waals surface area (Å²) < 4.78 is 0. The number of nitrogens with zero attached hydrogens (tertiary/aromatic N) is 3. The second-order valence-electron chi connectivity index (χ2n) is 5.32. The van der Waals surface area contributed by atoms with Crippen molar-refractivity contribution in [3.05, 3.63) is 91.1 Å². The van der Waals surface area contributed by atoms with Gasteiger partial charge in [-0.05, 0) is 23.8 Å². The zero-order valence-corrected chi connectivity index (χ0v) is 13.5. The third-order valence-electron chi connectivity index (χ3n) is 3.56. The predicted octanol–water partition coefficient (Wildman–Crippen LogP) is 4.41. The van der Waals surface area contributed by atoms with Crippen LogP contribution >= 0.6 is 0 Å². The Balaban J connectivity index is 1.94. The largest absolute Gasteiger partial charge is 0.366 e. The van der Waals surface area contributed by atoms with Gasteiger partial charge in [0.05, 0.1) is 6.54 Å². The number of benzene rings is 2. The molecule has 1 aromatic heterocycles. The second-order valence-corrected chi connectivity index (χ2v) is 5.32. The maximum absolute atomic E-state index is 4.64. The van der Waals surface area contributed by atoms with Crippen LogP contribution in [0.25, 0.3) is 0 Å². The van der Waals surface area contributed by atoms with Crippen LogP contribution < -0.4 is 10.2 Å². The molecule has 0 atom stereocenters. The van der Waals surface area contributed by atoms with Gasteiger partial charge in [-0.3, -0.25) is 0 Å². The van der Waals surface area contributed by atoms with Gasteiger partial charge in [-0.1, -0.05) is 54.6 Å². The van der Waals surface area contributed by atoms with E-state index in [2.05, 4.69) is 51.0 Å². The van der Waals surface area contributed by atoms with Gasteiger partial charge in [0.1, 0.15) is 5.82 Å². The van der Waals surface area contributed by atoms with E-state index < -0.39 is 0 Å². The Hall–Kier alpha value is -3.14. The van der Waals surface area contributed by atoms with Gasteiger partial charge in [0.2, 0.25) is 5.95 Å². The van der Waals surface area contributed by atoms with Crippen molar-refractivity contribution in [3.8, 4) is 0 Å². The summed E-state index contributed by atoms with van der Waals surface area (Å²) >= 11 is 0. The summed E-state index contributed by atoms with van der Waals surface area (Å²) in [4.78, 5) is 11.2. The topological polar surface area (TPSA) is 41.1 Å². The lowest BCUT2D eigenvalue weighted by atomic mass is 10.2. The molecule has 1 N–H and O–H groups in total. The van der Waals surface area contributed by atoms with Crippen LogP contribution in [-0.4, -0.2) is 16.5 Å². The molecule has 3 rings (SSSR count). The molecule has 0 unspecified atom stereocenters. The minimum atomic E-state index is 0.666. The Morgan fingerprint density at radius 2 is 1.67 bits per heavy atom. The number of hydrogen-bond donors (Lipinski definition) is 1. The van der Waals surface area contributed by atoms with Crippen LogP contribution in [0.3, 0.4) is 0 Å². The molecule has 0 bridgehead atoms. The molecule has 0 saturated heterocycles. The molecular weight excluding hydrogens is 296 g/mol. The lowest BCUT2D eigenvalue weighted by Gasteiger charge is -2.23. The molecule has 2 aromatic carbocycles. The Bertz CT molecular complexity index is 772. The van der Waals surface area contributed by atoms with Crippen molar-refractivity contribution in [1.29, 1.82) is 0 Å². The Morgan fingerprint density at radius 1 is 0.958 bits per heavy atom. The summed E-state index contributed by atoms with van der Waals surface area (Å²) in [6.07, 6.45) is 3.58. The minimum absolute atomic E-state index is 0.666. The molecule has 1 heterocycles. The summed E-state index contributed by atoms with van der Waals surface area (Å²) in [5, 5.41) is 3.21. The van der Waals surface area contributed by atoms with E-state index in [0.717, 1.165) is 11.5 Å². The van der Waals surface area contributed by atoms with Crippen molar-refractivity contribution in [3.63, 3.8) is 0 Å². The van der Waals surface area contributed by atoms with E-state index in [-0.39, 0.29) is 0 Å². The predicted molar refractivity (Wildman–Crippen MR) is 99.4 cm³/mol. The molecule has 0 aliphatic rings. The lowest BCUT2D eigenvalue weighted by Crippen LogP contribution is -2.19. The van der Waals surface area contributed by atoms with Crippen LogP contribution in [0.1, 0.15) is 5.56 Å². The van der Waals surface area contributed by atoms with Crippen molar-refractivity contribution in [2.75, 3.05) is 16.8 Å². The molecule has 0 saturated carbocycles. The number of aromatic nitrogens is 2. The highest BCUT2D eigenvalue weighted by atomic mass is 15.3. The molecule has 4 nitrogen and oxygen atoms in total. The summed E-state index contributed by atoms with van der Waals surface area (Å²) in [6.45, 7) is 5.09. The third-order valence-corrected chi connectivity index (χ3v) is 3.56. The number of para-hydroxylation sites is 1. The van der Waals surface area contributed by atoms with E-state index in [1.54, 1.807) is 12.3 Å². The summed E-state index contributed by atoms with van der Waals surface area (Å²) in [5.41, 5.74) is 2.26. The third kappa shape index (κ3) is 3.98. The molecule has 0 amide bonds. The first-order valence-electron chi connectivity index (χ1n) is 7.91. The average molecular weight is 316 g/mol. The van der Waals surface area contributed by atoms with Crippen LogP contribution in [0.5, 0.6) is 0 Å². The fourth-order valence-corrected chi connectivity index (χ4v) is 2.41. The van der Waals surface area contributed by atoms with E-state index in [0.29, 0.717) is 19.0 Å². The van der Waals surface area contributed by atoms with Gasteiger partial charge in [-0.15, -0.1) is 6.58 Å². The molecule has 0 spiro atoms. The van der Waals surface area contributed by atoms with Crippen LogP contribution in [0.2, 0.25) is 0 Å². The van der Waals surface area contributed by atoms with Gasteiger partial charge in [0.25, 0.3) is 0 Å². The van der Waals surface area contributed by atoms with Crippen molar-refractivity contribution < 1.29 is 0 Å². The quantitative estimate of drug-likeness (QED) is 0.655. The molecule has 0 aliphatic carbocycles. The molecule has 120 valence electrons. The Labute approximate surface area is 142 Å². The fraction of sp³-hybridized carbons (Fsp3) is 0.100. The summed E-state index contributed by atoms with van der Waals surface area (Å²) in [6, 6.07) is 22.4. The summed E-state index contributed by atoms with van der Waals surface area (Å²) in [7, 11) is 0. The molecule has 0 radical (unpaired) electrons. The zero-order chi connectivity index (χ0) is 16.6. The van der Waals surface area contributed by atoms with Gasteiger partial charge in [-0.2, -0.15) is 4.98 Å². The van der Waals surface area contributed by atoms with E-state index in [1.807, 2.05) is 42.5 Å². The Morgan fingerprint density at radius 3 is 2.38 bits per heavy atom. The first-order chi connectivity index (χ1) is 11.9. The highest BCUT2D eigenvalue weighted by Crippen LogP contribution is 2.25. The van der Waals surface area contributed by atoms with Crippen LogP contribution in [-0.2, 0) is 6.54 Å². The first-order valence-corrected chi connectivity index (χ1v) is 7.91. The summed E-state index contributed by atoms with van der Waals surface area (Å²) in [5.74, 6) is 1.45. The molecule has 0 fully saturated rings. The number of hydrogen-bond acceptors (Lipinski definition) is 4. The van der Waals surface area contributed by atoms with E-state index in [4.69, 9.17) is 0 Å². The number of rotatable bonds is 7. The zero-order valence-electron chi connectivity index (χ0n) is 13.5. The van der Waals surface area contributed by atoms with Gasteiger partial charge < -0.3 is 10.2 Å². The van der Waals surface area contributed by atoms with Crippen molar-refractivity contribution in [2.45, 2.75) is 6.54 Å².